The van der Waals surface area contributed by atoms with Gasteiger partial charge in [0.1, 0.15) is 0 Å². The molecular formula is C11H27N3Si. The van der Waals surface area contributed by atoms with E-state index in [1.165, 1.54) is 25.7 Å². The van der Waals surface area contributed by atoms with E-state index >= 15 is 0 Å². The van der Waals surface area contributed by atoms with Crippen molar-refractivity contribution in [3.8, 4) is 0 Å². The maximum atomic E-state index is 3.83. The molecule has 1 aliphatic rings. The van der Waals surface area contributed by atoms with Crippen molar-refractivity contribution >= 4 is 8.56 Å². The number of hydrogen-bond acceptors (Lipinski definition) is 3. The molecule has 0 spiro atoms. The monoisotopic (exact) mass is 229 g/mol. The highest BCUT2D eigenvalue weighted by Crippen LogP contribution is 2.35. The average molecular weight is 229 g/mol. The molecule has 0 saturated heterocycles. The van der Waals surface area contributed by atoms with Crippen molar-refractivity contribution in [3.63, 3.8) is 0 Å². The van der Waals surface area contributed by atoms with E-state index in [1.807, 2.05) is 0 Å². The summed E-state index contributed by atoms with van der Waals surface area (Å²) < 4.78 is 0. The minimum Gasteiger partial charge on any atom is -0.316 e. The molecular weight excluding hydrogens is 202 g/mol. The minimum atomic E-state index is -1.70. The van der Waals surface area contributed by atoms with E-state index in [1.54, 1.807) is 0 Å². The van der Waals surface area contributed by atoms with Gasteiger partial charge in [0.05, 0.1) is 0 Å². The van der Waals surface area contributed by atoms with Crippen LogP contribution in [-0.2, 0) is 0 Å². The number of nitrogens with one attached hydrogen (secondary N) is 3. The zero-order valence-electron chi connectivity index (χ0n) is 10.9. The summed E-state index contributed by atoms with van der Waals surface area (Å²) in [6, 6.07) is 0. The lowest BCUT2D eigenvalue weighted by Crippen LogP contribution is -2.76. The van der Waals surface area contributed by atoms with E-state index in [4.69, 9.17) is 0 Å². The first kappa shape index (κ1) is 13.2. The molecule has 0 amide bonds. The molecule has 0 unspecified atom stereocenters. The first-order valence-electron chi connectivity index (χ1n) is 6.11. The Bertz CT molecular complexity index is 190. The Hall–Kier alpha value is 0.0969. The molecule has 0 aliphatic heterocycles. The summed E-state index contributed by atoms with van der Waals surface area (Å²) in [5, 5.41) is 0. The Kier molecular flexibility index (Phi) is 4.35. The van der Waals surface area contributed by atoms with Gasteiger partial charge in [-0.15, -0.1) is 0 Å². The van der Waals surface area contributed by atoms with Gasteiger partial charge in [-0.2, -0.15) is 0 Å². The van der Waals surface area contributed by atoms with Gasteiger partial charge in [-0.3, -0.25) is 0 Å². The van der Waals surface area contributed by atoms with Gasteiger partial charge in [0, 0.05) is 5.54 Å². The van der Waals surface area contributed by atoms with E-state index in [0.29, 0.717) is 0 Å². The third kappa shape index (κ3) is 3.28. The third-order valence-corrected chi connectivity index (χ3v) is 7.85. The van der Waals surface area contributed by atoms with Crippen LogP contribution in [-0.4, -0.2) is 28.2 Å². The topological polar surface area (TPSA) is 36.1 Å². The first-order chi connectivity index (χ1) is 6.93. The van der Waals surface area contributed by atoms with Crippen LogP contribution in [0.3, 0.4) is 0 Å². The molecule has 3 N–H and O–H groups in total. The molecule has 0 bridgehead atoms. The molecule has 1 aliphatic carbocycles. The van der Waals surface area contributed by atoms with Crippen molar-refractivity contribution in [2.75, 3.05) is 14.1 Å². The second-order valence-electron chi connectivity index (χ2n) is 5.66. The van der Waals surface area contributed by atoms with Crippen molar-refractivity contribution < 1.29 is 0 Å². The Balaban J connectivity index is 2.76. The minimum absolute atomic E-state index is 0.181. The lowest BCUT2D eigenvalue weighted by Gasteiger charge is -2.41. The van der Waals surface area contributed by atoms with Gasteiger partial charge in [-0.25, -0.2) is 0 Å². The second-order valence-corrected chi connectivity index (χ2v) is 9.35. The first-order valence-corrected chi connectivity index (χ1v) is 8.18. The fourth-order valence-electron chi connectivity index (χ4n) is 2.71. The summed E-state index contributed by atoms with van der Waals surface area (Å²) in [6.45, 7) is 6.75. The Morgan fingerprint density at radius 2 is 1.47 bits per heavy atom. The van der Waals surface area contributed by atoms with Crippen molar-refractivity contribution in [1.29, 1.82) is 0 Å². The predicted molar refractivity (Wildman–Crippen MR) is 69.0 cm³/mol. The summed E-state index contributed by atoms with van der Waals surface area (Å²) in [7, 11) is 2.50. The molecule has 0 aromatic rings. The summed E-state index contributed by atoms with van der Waals surface area (Å²) in [5.74, 6) is 0. The van der Waals surface area contributed by atoms with Crippen LogP contribution in [0.2, 0.25) is 5.54 Å². The molecule has 0 heterocycles. The summed E-state index contributed by atoms with van der Waals surface area (Å²) in [6.07, 6.45) is 5.54. The predicted octanol–water partition coefficient (Wildman–Crippen LogP) is 1.70. The Morgan fingerprint density at radius 1 is 1.00 bits per heavy atom. The van der Waals surface area contributed by atoms with Gasteiger partial charge >= 0.3 is 0 Å². The Labute approximate surface area is 95.7 Å². The van der Waals surface area contributed by atoms with Crippen LogP contribution in [0.1, 0.15) is 46.5 Å². The summed E-state index contributed by atoms with van der Waals surface area (Å²) in [4.78, 5) is 11.0. The van der Waals surface area contributed by atoms with E-state index in [2.05, 4.69) is 49.8 Å². The van der Waals surface area contributed by atoms with Gasteiger partial charge < -0.3 is 14.9 Å². The summed E-state index contributed by atoms with van der Waals surface area (Å²) >= 11 is 0. The van der Waals surface area contributed by atoms with Gasteiger partial charge in [0.25, 0.3) is 8.56 Å². The van der Waals surface area contributed by atoms with Crippen molar-refractivity contribution in [2.45, 2.75) is 57.5 Å². The Morgan fingerprint density at radius 3 is 1.80 bits per heavy atom. The highest BCUT2D eigenvalue weighted by Gasteiger charge is 2.43. The van der Waals surface area contributed by atoms with Crippen LogP contribution in [0.15, 0.2) is 0 Å². The fourth-order valence-corrected chi connectivity index (χ4v) is 6.69. The fraction of sp³-hybridized carbons (Fsp3) is 1.00. The van der Waals surface area contributed by atoms with Crippen LogP contribution >= 0.6 is 0 Å². The maximum Gasteiger partial charge on any atom is 0.284 e. The molecule has 4 heteroatoms. The maximum absolute atomic E-state index is 3.83. The van der Waals surface area contributed by atoms with E-state index < -0.39 is 8.56 Å². The molecule has 90 valence electrons. The average Bonchev–Trinajstić information content (AvgIpc) is 2.66. The molecule has 3 nitrogen and oxygen atoms in total. The van der Waals surface area contributed by atoms with E-state index in [9.17, 15) is 0 Å². The number of hydrogen-bond donors (Lipinski definition) is 3. The zero-order valence-corrected chi connectivity index (χ0v) is 11.9. The number of rotatable bonds is 4. The highest BCUT2D eigenvalue weighted by molar-refractivity contribution is 6.74. The highest BCUT2D eigenvalue weighted by atomic mass is 28.4. The molecule has 0 atom stereocenters. The molecule has 1 saturated carbocycles. The lowest BCUT2D eigenvalue weighted by molar-refractivity contribution is 0.487. The molecule has 1 rings (SSSR count). The second kappa shape index (κ2) is 4.95. The quantitative estimate of drug-likeness (QED) is 0.642. The van der Waals surface area contributed by atoms with Crippen molar-refractivity contribution in [3.05, 3.63) is 0 Å². The van der Waals surface area contributed by atoms with Gasteiger partial charge in [0.15, 0.2) is 0 Å². The van der Waals surface area contributed by atoms with Crippen LogP contribution in [0.25, 0.3) is 0 Å². The molecule has 1 fully saturated rings. The largest absolute Gasteiger partial charge is 0.316 e. The van der Waals surface area contributed by atoms with Crippen LogP contribution in [0.4, 0.5) is 0 Å². The van der Waals surface area contributed by atoms with Crippen molar-refractivity contribution in [1.82, 2.24) is 14.9 Å². The molecule has 0 aromatic carbocycles. The molecule has 0 aromatic heterocycles. The van der Waals surface area contributed by atoms with E-state index in [0.717, 1.165) is 5.54 Å². The smallest absolute Gasteiger partial charge is 0.284 e. The molecule has 15 heavy (non-hydrogen) atoms. The van der Waals surface area contributed by atoms with E-state index in [-0.39, 0.29) is 5.54 Å². The standard InChI is InChI=1S/C11H27N3Si/c1-11(2,3)14-15(12-4,13-5)10-8-6-7-9-10/h10,12-14H,6-9H2,1-5H3. The van der Waals surface area contributed by atoms with Crippen molar-refractivity contribution in [2.24, 2.45) is 0 Å². The third-order valence-electron chi connectivity index (χ3n) is 3.33. The van der Waals surface area contributed by atoms with Crippen LogP contribution < -0.4 is 14.9 Å². The summed E-state index contributed by atoms with van der Waals surface area (Å²) in [5.41, 5.74) is 1.01. The normalized spacial score (nSPS) is 19.8. The van der Waals surface area contributed by atoms with Crippen LogP contribution in [0, 0.1) is 0 Å². The zero-order chi connectivity index (χ0) is 11.5. The van der Waals surface area contributed by atoms with Gasteiger partial charge in [-0.1, -0.05) is 12.8 Å². The van der Waals surface area contributed by atoms with Gasteiger partial charge in [-0.05, 0) is 53.2 Å². The SMILES string of the molecule is CN[Si](NC)(NC(C)(C)C)C1CCCC1. The molecule has 0 radical (unpaired) electrons. The lowest BCUT2D eigenvalue weighted by atomic mass is 10.1. The van der Waals surface area contributed by atoms with Gasteiger partial charge in [0.2, 0.25) is 0 Å². The van der Waals surface area contributed by atoms with Crippen LogP contribution in [0.5, 0.6) is 0 Å².